The van der Waals surface area contributed by atoms with Gasteiger partial charge in [0, 0.05) is 25.5 Å². The lowest BCUT2D eigenvalue weighted by molar-refractivity contribution is 0.218. The number of aryl methyl sites for hydroxylation is 1. The molecule has 1 rings (SSSR count). The number of aromatic nitrogens is 2. The van der Waals surface area contributed by atoms with E-state index in [1.807, 2.05) is 13.0 Å². The van der Waals surface area contributed by atoms with Gasteiger partial charge < -0.3 is 10.1 Å². The van der Waals surface area contributed by atoms with Crippen LogP contribution in [-0.4, -0.2) is 36.0 Å². The van der Waals surface area contributed by atoms with Crippen molar-refractivity contribution in [2.45, 2.75) is 25.3 Å². The van der Waals surface area contributed by atoms with Crippen molar-refractivity contribution in [3.05, 3.63) is 11.9 Å². The number of methoxy groups -OCH3 is 1. The second-order valence-corrected chi connectivity index (χ2v) is 4.52. The number of thioether (sulfide) groups is 1. The van der Waals surface area contributed by atoms with Gasteiger partial charge in [-0.2, -0.15) is 0 Å². The van der Waals surface area contributed by atoms with Gasteiger partial charge in [0.05, 0.1) is 6.61 Å². The molecule has 0 atom stereocenters. The Morgan fingerprint density at radius 3 is 2.94 bits per heavy atom. The van der Waals surface area contributed by atoms with E-state index in [1.165, 1.54) is 0 Å². The fourth-order valence-electron chi connectivity index (χ4n) is 1.19. The predicted octanol–water partition coefficient (Wildman–Crippen LogP) is 2.35. The number of hydrogen-bond acceptors (Lipinski definition) is 5. The maximum atomic E-state index is 5.01. The molecule has 4 nitrogen and oxygen atoms in total. The Labute approximate surface area is 101 Å². The zero-order valence-corrected chi connectivity index (χ0v) is 10.9. The number of rotatable bonds is 7. The third-order valence-electron chi connectivity index (χ3n) is 1.91. The van der Waals surface area contributed by atoms with Gasteiger partial charge in [-0.05, 0) is 13.3 Å². The average molecular weight is 241 g/mol. The summed E-state index contributed by atoms with van der Waals surface area (Å²) in [5.41, 5.74) is 0. The molecule has 16 heavy (non-hydrogen) atoms. The number of anilines is 1. The zero-order chi connectivity index (χ0) is 11.8. The van der Waals surface area contributed by atoms with Gasteiger partial charge >= 0.3 is 0 Å². The average Bonchev–Trinajstić information content (AvgIpc) is 2.26. The molecule has 0 aromatic carbocycles. The Balaban J connectivity index is 2.58. The number of nitrogens with one attached hydrogen (secondary N) is 1. The molecule has 0 saturated heterocycles. The molecule has 0 amide bonds. The Hall–Kier alpha value is -0.810. The van der Waals surface area contributed by atoms with Gasteiger partial charge in [0.2, 0.25) is 0 Å². The minimum absolute atomic E-state index is 0.742. The van der Waals surface area contributed by atoms with Crippen molar-refractivity contribution < 1.29 is 4.74 Å². The lowest BCUT2D eigenvalue weighted by atomic mass is 10.4. The zero-order valence-electron chi connectivity index (χ0n) is 10.1. The van der Waals surface area contributed by atoms with E-state index < -0.39 is 0 Å². The molecule has 90 valence electrons. The highest BCUT2D eigenvalue weighted by Crippen LogP contribution is 2.18. The number of nitrogens with zero attached hydrogens (tertiary/aromatic N) is 2. The van der Waals surface area contributed by atoms with Crippen LogP contribution >= 0.6 is 11.8 Å². The van der Waals surface area contributed by atoms with E-state index >= 15 is 0 Å². The van der Waals surface area contributed by atoms with Gasteiger partial charge in [0.25, 0.3) is 0 Å². The van der Waals surface area contributed by atoms with E-state index in [0.29, 0.717) is 0 Å². The van der Waals surface area contributed by atoms with Crippen LogP contribution < -0.4 is 5.32 Å². The Morgan fingerprint density at radius 2 is 2.25 bits per heavy atom. The summed E-state index contributed by atoms with van der Waals surface area (Å²) in [6.07, 6.45) is 1.09. The first-order valence-corrected chi connectivity index (χ1v) is 6.46. The van der Waals surface area contributed by atoms with Crippen LogP contribution in [0.4, 0.5) is 5.82 Å². The SMILES string of the molecule is CCCNc1cc(SCCOC)nc(C)n1. The minimum atomic E-state index is 0.742. The van der Waals surface area contributed by atoms with Crippen molar-refractivity contribution in [2.75, 3.05) is 31.3 Å². The Morgan fingerprint density at radius 1 is 1.44 bits per heavy atom. The van der Waals surface area contributed by atoms with E-state index in [2.05, 4.69) is 22.2 Å². The largest absolute Gasteiger partial charge is 0.384 e. The van der Waals surface area contributed by atoms with Crippen LogP contribution in [0.3, 0.4) is 0 Å². The van der Waals surface area contributed by atoms with E-state index in [0.717, 1.165) is 42.0 Å². The third kappa shape index (κ3) is 4.81. The minimum Gasteiger partial charge on any atom is -0.384 e. The molecule has 5 heteroatoms. The fraction of sp³-hybridized carbons (Fsp3) is 0.636. The Bertz CT molecular complexity index is 320. The summed E-state index contributed by atoms with van der Waals surface area (Å²) in [4.78, 5) is 8.70. The molecule has 1 heterocycles. The Kier molecular flexibility index (Phi) is 6.18. The monoisotopic (exact) mass is 241 g/mol. The van der Waals surface area contributed by atoms with Crippen molar-refractivity contribution in [3.63, 3.8) is 0 Å². The van der Waals surface area contributed by atoms with Crippen molar-refractivity contribution >= 4 is 17.6 Å². The van der Waals surface area contributed by atoms with Gasteiger partial charge in [0.15, 0.2) is 0 Å². The van der Waals surface area contributed by atoms with Crippen LogP contribution in [0.5, 0.6) is 0 Å². The van der Waals surface area contributed by atoms with Crippen LogP contribution in [0.15, 0.2) is 11.1 Å². The predicted molar refractivity (Wildman–Crippen MR) is 68.1 cm³/mol. The van der Waals surface area contributed by atoms with Crippen LogP contribution in [0.25, 0.3) is 0 Å². The molecule has 1 aromatic rings. The van der Waals surface area contributed by atoms with E-state index in [1.54, 1.807) is 18.9 Å². The van der Waals surface area contributed by atoms with Gasteiger partial charge in [-0.1, -0.05) is 6.92 Å². The standard InChI is InChI=1S/C11H19N3OS/c1-4-5-12-10-8-11(14-9(2)13-10)16-7-6-15-3/h8H,4-7H2,1-3H3,(H,12,13,14). The maximum absolute atomic E-state index is 5.01. The van der Waals surface area contributed by atoms with Gasteiger partial charge in [-0.15, -0.1) is 11.8 Å². The third-order valence-corrected chi connectivity index (χ3v) is 2.78. The van der Waals surface area contributed by atoms with Crippen LogP contribution in [-0.2, 0) is 4.74 Å². The smallest absolute Gasteiger partial charge is 0.130 e. The van der Waals surface area contributed by atoms with Crippen molar-refractivity contribution in [1.29, 1.82) is 0 Å². The molecule has 1 aromatic heterocycles. The van der Waals surface area contributed by atoms with E-state index in [-0.39, 0.29) is 0 Å². The summed E-state index contributed by atoms with van der Waals surface area (Å²) in [7, 11) is 1.71. The lowest BCUT2D eigenvalue weighted by Crippen LogP contribution is -2.04. The van der Waals surface area contributed by atoms with Crippen molar-refractivity contribution in [3.8, 4) is 0 Å². The van der Waals surface area contributed by atoms with E-state index in [9.17, 15) is 0 Å². The topological polar surface area (TPSA) is 47.0 Å². The van der Waals surface area contributed by atoms with Gasteiger partial charge in [0.1, 0.15) is 16.7 Å². The maximum Gasteiger partial charge on any atom is 0.130 e. The molecule has 0 aliphatic rings. The second-order valence-electron chi connectivity index (χ2n) is 3.41. The summed E-state index contributed by atoms with van der Waals surface area (Å²) in [5, 5.41) is 4.27. The van der Waals surface area contributed by atoms with Gasteiger partial charge in [-0.25, -0.2) is 9.97 Å². The molecule has 0 spiro atoms. The van der Waals surface area contributed by atoms with E-state index in [4.69, 9.17) is 4.74 Å². The number of hydrogen-bond donors (Lipinski definition) is 1. The summed E-state index contributed by atoms with van der Waals surface area (Å²) < 4.78 is 5.01. The molecule has 0 fully saturated rings. The molecule has 1 N–H and O–H groups in total. The fourth-order valence-corrected chi connectivity index (χ4v) is 2.04. The summed E-state index contributed by atoms with van der Waals surface area (Å²) in [6.45, 7) is 5.73. The summed E-state index contributed by atoms with van der Waals surface area (Å²) in [6, 6.07) is 1.99. The quantitative estimate of drug-likeness (QED) is 0.451. The number of ether oxygens (including phenoxy) is 1. The summed E-state index contributed by atoms with van der Waals surface area (Å²) >= 11 is 1.69. The van der Waals surface area contributed by atoms with Gasteiger partial charge in [-0.3, -0.25) is 0 Å². The first-order valence-electron chi connectivity index (χ1n) is 5.47. The normalized spacial score (nSPS) is 10.4. The highest BCUT2D eigenvalue weighted by Gasteiger charge is 2.01. The van der Waals surface area contributed by atoms with Crippen LogP contribution in [0, 0.1) is 6.92 Å². The molecular weight excluding hydrogens is 222 g/mol. The van der Waals surface area contributed by atoms with Crippen LogP contribution in [0.1, 0.15) is 19.2 Å². The van der Waals surface area contributed by atoms with Crippen LogP contribution in [0.2, 0.25) is 0 Å². The lowest BCUT2D eigenvalue weighted by Gasteiger charge is -2.07. The van der Waals surface area contributed by atoms with Crippen molar-refractivity contribution in [2.24, 2.45) is 0 Å². The molecule has 0 aliphatic heterocycles. The first-order chi connectivity index (χ1) is 7.76. The molecule has 0 bridgehead atoms. The first kappa shape index (κ1) is 13.3. The molecule has 0 radical (unpaired) electrons. The second kappa shape index (κ2) is 7.46. The summed E-state index contributed by atoms with van der Waals surface area (Å²) in [5.74, 6) is 2.63. The molecule has 0 aliphatic carbocycles. The highest BCUT2D eigenvalue weighted by atomic mass is 32.2. The molecule has 0 unspecified atom stereocenters. The highest BCUT2D eigenvalue weighted by molar-refractivity contribution is 7.99. The molecule has 0 saturated carbocycles. The van der Waals surface area contributed by atoms with Crippen molar-refractivity contribution in [1.82, 2.24) is 9.97 Å². The molecular formula is C11H19N3OS.